The third-order valence-corrected chi connectivity index (χ3v) is 6.10. The molecular formula is C15H16N4O6S2. The number of hydrogen-bond acceptors (Lipinski definition) is 9. The zero-order chi connectivity index (χ0) is 19.7. The van der Waals surface area contributed by atoms with E-state index in [9.17, 15) is 24.3 Å². The summed E-state index contributed by atoms with van der Waals surface area (Å²) in [7, 11) is 0. The molecule has 1 fully saturated rings. The van der Waals surface area contributed by atoms with Crippen LogP contribution in [0.5, 0.6) is 0 Å². The van der Waals surface area contributed by atoms with Gasteiger partial charge < -0.3 is 14.8 Å². The second kappa shape index (κ2) is 7.72. The Morgan fingerprint density at radius 1 is 1.41 bits per heavy atom. The number of aromatic nitrogens is 2. The number of nitrogens with one attached hydrogen (secondary N) is 1. The van der Waals surface area contributed by atoms with Crippen LogP contribution in [-0.2, 0) is 19.2 Å². The van der Waals surface area contributed by atoms with Crippen LogP contribution in [0.2, 0.25) is 0 Å². The molecule has 1 aromatic heterocycles. The molecule has 10 nitrogen and oxygen atoms in total. The molecule has 144 valence electrons. The number of rotatable bonds is 7. The number of Topliss-reactive ketones (excluding diaryl/α,β-unsaturated/α-hetero) is 1. The van der Waals surface area contributed by atoms with Crippen LogP contribution < -0.4 is 5.32 Å². The number of aryl methyl sites for hydroxylation is 1. The average Bonchev–Trinajstić information content (AvgIpc) is 3.01. The minimum absolute atomic E-state index is 0.0791. The van der Waals surface area contributed by atoms with E-state index in [-0.39, 0.29) is 23.7 Å². The van der Waals surface area contributed by atoms with Crippen molar-refractivity contribution in [2.45, 2.75) is 36.9 Å². The van der Waals surface area contributed by atoms with Crippen molar-refractivity contribution in [3.8, 4) is 0 Å². The van der Waals surface area contributed by atoms with Crippen LogP contribution in [0.15, 0.2) is 20.9 Å². The molecule has 2 N–H and O–H groups in total. The lowest BCUT2D eigenvalue weighted by atomic mass is 10.0. The van der Waals surface area contributed by atoms with Crippen LogP contribution in [0.3, 0.4) is 0 Å². The van der Waals surface area contributed by atoms with Crippen molar-refractivity contribution in [3.05, 3.63) is 17.2 Å². The van der Waals surface area contributed by atoms with Crippen molar-refractivity contribution < 1.29 is 28.7 Å². The lowest BCUT2D eigenvalue weighted by Gasteiger charge is -2.49. The SMILES string of the molecule is CC(=O)CC(=O)NC1C(=O)N2C(C(=O)O)=C(CSc3nnc(C)o3)CS[C@H]12. The van der Waals surface area contributed by atoms with E-state index in [0.717, 1.165) is 0 Å². The molecule has 0 bridgehead atoms. The van der Waals surface area contributed by atoms with Gasteiger partial charge in [-0.05, 0) is 12.5 Å². The maximum Gasteiger partial charge on any atom is 0.352 e. The van der Waals surface area contributed by atoms with Crippen LogP contribution in [0.4, 0.5) is 0 Å². The number of nitrogens with zero attached hydrogens (tertiary/aromatic N) is 3. The van der Waals surface area contributed by atoms with E-state index in [0.29, 0.717) is 22.4 Å². The van der Waals surface area contributed by atoms with Crippen LogP contribution >= 0.6 is 23.5 Å². The quantitative estimate of drug-likeness (QED) is 0.362. The van der Waals surface area contributed by atoms with Gasteiger partial charge >= 0.3 is 5.97 Å². The van der Waals surface area contributed by atoms with Gasteiger partial charge in [-0.2, -0.15) is 0 Å². The fourth-order valence-corrected chi connectivity index (χ4v) is 5.02. The Balaban J connectivity index is 1.72. The molecule has 0 aliphatic carbocycles. The predicted molar refractivity (Wildman–Crippen MR) is 94.7 cm³/mol. The smallest absolute Gasteiger partial charge is 0.352 e. The van der Waals surface area contributed by atoms with Crippen molar-refractivity contribution in [2.75, 3.05) is 11.5 Å². The summed E-state index contributed by atoms with van der Waals surface area (Å²) in [5.74, 6) is -1.49. The van der Waals surface area contributed by atoms with E-state index >= 15 is 0 Å². The molecule has 1 aromatic rings. The number of hydrogen-bond donors (Lipinski definition) is 2. The molecule has 0 radical (unpaired) electrons. The molecule has 1 saturated heterocycles. The van der Waals surface area contributed by atoms with E-state index < -0.39 is 29.2 Å². The van der Waals surface area contributed by atoms with Gasteiger partial charge in [0.1, 0.15) is 22.9 Å². The van der Waals surface area contributed by atoms with Gasteiger partial charge in [0, 0.05) is 18.4 Å². The number of carboxylic acid groups (broad SMARTS) is 1. The third-order valence-electron chi connectivity index (χ3n) is 3.85. The van der Waals surface area contributed by atoms with E-state index in [1.807, 2.05) is 0 Å². The molecule has 12 heteroatoms. The maximum atomic E-state index is 12.4. The molecule has 0 aromatic carbocycles. The standard InChI is InChI=1S/C15H16N4O6S2/c1-6(20)3-9(21)16-10-12(22)19-11(14(23)24)8(4-26-13(10)19)5-27-15-18-17-7(2)25-15/h10,13H,3-5H2,1-2H3,(H,16,21)(H,23,24)/t10?,13-/m1/s1. The highest BCUT2D eigenvalue weighted by Crippen LogP contribution is 2.41. The highest BCUT2D eigenvalue weighted by molar-refractivity contribution is 8.01. The summed E-state index contributed by atoms with van der Waals surface area (Å²) in [6.07, 6.45) is -0.311. The van der Waals surface area contributed by atoms with Crippen molar-refractivity contribution >= 4 is 47.1 Å². The number of β-lactam (4-membered cyclic amide) rings is 1. The molecule has 0 spiro atoms. The van der Waals surface area contributed by atoms with E-state index in [1.54, 1.807) is 6.92 Å². The zero-order valence-electron chi connectivity index (χ0n) is 14.4. The monoisotopic (exact) mass is 412 g/mol. The van der Waals surface area contributed by atoms with Gasteiger partial charge in [0.25, 0.3) is 11.1 Å². The van der Waals surface area contributed by atoms with Gasteiger partial charge in [-0.3, -0.25) is 19.3 Å². The van der Waals surface area contributed by atoms with Crippen molar-refractivity contribution in [1.29, 1.82) is 0 Å². The van der Waals surface area contributed by atoms with Crippen LogP contribution in [0.1, 0.15) is 19.2 Å². The number of aliphatic carboxylic acids is 1. The minimum Gasteiger partial charge on any atom is -0.477 e. The molecule has 0 saturated carbocycles. The summed E-state index contributed by atoms with van der Waals surface area (Å²) in [5, 5.41) is 19.5. The van der Waals surface area contributed by atoms with E-state index in [2.05, 4.69) is 15.5 Å². The molecule has 3 rings (SSSR count). The third kappa shape index (κ3) is 4.00. The van der Waals surface area contributed by atoms with Crippen LogP contribution in [-0.4, -0.2) is 66.7 Å². The Hall–Kier alpha value is -2.34. The lowest BCUT2D eigenvalue weighted by Crippen LogP contribution is -2.70. The number of carboxylic acids is 1. The topological polar surface area (TPSA) is 143 Å². The summed E-state index contributed by atoms with van der Waals surface area (Å²) < 4.78 is 5.25. The van der Waals surface area contributed by atoms with E-state index in [4.69, 9.17) is 4.42 Å². The Labute approximate surface area is 162 Å². The number of ketones is 1. The Morgan fingerprint density at radius 2 is 2.15 bits per heavy atom. The Kier molecular flexibility index (Phi) is 5.56. The van der Waals surface area contributed by atoms with E-state index in [1.165, 1.54) is 35.3 Å². The molecule has 1 unspecified atom stereocenters. The maximum absolute atomic E-state index is 12.4. The number of thioether (sulfide) groups is 2. The first-order valence-electron chi connectivity index (χ1n) is 7.89. The highest BCUT2D eigenvalue weighted by atomic mass is 32.2. The number of carbonyl (C=O) groups is 4. The van der Waals surface area contributed by atoms with Gasteiger partial charge in [-0.15, -0.1) is 22.0 Å². The highest BCUT2D eigenvalue weighted by Gasteiger charge is 2.54. The molecule has 2 amide bonds. The molecule has 2 aliphatic heterocycles. The van der Waals surface area contributed by atoms with Crippen LogP contribution in [0.25, 0.3) is 0 Å². The van der Waals surface area contributed by atoms with Crippen molar-refractivity contribution in [1.82, 2.24) is 20.4 Å². The first-order valence-corrected chi connectivity index (χ1v) is 9.93. The predicted octanol–water partition coefficient (Wildman–Crippen LogP) is 0.188. The average molecular weight is 412 g/mol. The zero-order valence-corrected chi connectivity index (χ0v) is 16.1. The number of carbonyl (C=O) groups excluding carboxylic acids is 3. The molecule has 2 atom stereocenters. The fourth-order valence-electron chi connectivity index (χ4n) is 2.73. The summed E-state index contributed by atoms with van der Waals surface area (Å²) in [6, 6.07) is -0.830. The van der Waals surface area contributed by atoms with Gasteiger partial charge in [0.15, 0.2) is 0 Å². The van der Waals surface area contributed by atoms with Crippen molar-refractivity contribution in [3.63, 3.8) is 0 Å². The summed E-state index contributed by atoms with van der Waals surface area (Å²) in [5.41, 5.74) is 0.482. The molecule has 2 aliphatic rings. The summed E-state index contributed by atoms with van der Waals surface area (Å²) in [6.45, 7) is 2.93. The second-order valence-corrected chi connectivity index (χ2v) is 8.00. The van der Waals surface area contributed by atoms with Gasteiger partial charge in [0.2, 0.25) is 11.8 Å². The van der Waals surface area contributed by atoms with Crippen LogP contribution in [0, 0.1) is 6.92 Å². The van der Waals surface area contributed by atoms with Gasteiger partial charge in [-0.25, -0.2) is 4.79 Å². The molecular weight excluding hydrogens is 396 g/mol. The molecule has 27 heavy (non-hydrogen) atoms. The normalized spacial score (nSPS) is 21.6. The van der Waals surface area contributed by atoms with Gasteiger partial charge in [0.05, 0.1) is 6.42 Å². The lowest BCUT2D eigenvalue weighted by molar-refractivity contribution is -0.150. The minimum atomic E-state index is -1.21. The van der Waals surface area contributed by atoms with Crippen molar-refractivity contribution in [2.24, 2.45) is 0 Å². The fraction of sp³-hybridized carbons (Fsp3) is 0.467. The number of fused-ring (bicyclic) bond motifs is 1. The summed E-state index contributed by atoms with van der Waals surface area (Å²) >= 11 is 2.56. The molecule has 3 heterocycles. The summed E-state index contributed by atoms with van der Waals surface area (Å²) in [4.78, 5) is 48.1. The first kappa shape index (κ1) is 19.4. The largest absolute Gasteiger partial charge is 0.477 e. The van der Waals surface area contributed by atoms with Gasteiger partial charge in [-0.1, -0.05) is 11.8 Å². The number of amides is 2. The Morgan fingerprint density at radius 3 is 2.74 bits per heavy atom. The Bertz CT molecular complexity index is 851. The first-order chi connectivity index (χ1) is 12.8. The second-order valence-electron chi connectivity index (χ2n) is 5.97.